The topological polar surface area (TPSA) is 79.6 Å². The number of nitrogens with one attached hydrogen (secondary N) is 1. The first-order valence-corrected chi connectivity index (χ1v) is 12.8. The van der Waals surface area contributed by atoms with E-state index >= 15 is 0 Å². The molecule has 0 aliphatic heterocycles. The van der Waals surface area contributed by atoms with Gasteiger partial charge < -0.3 is 9.73 Å². The number of carbonyl (C=O) groups is 1. The van der Waals surface area contributed by atoms with Gasteiger partial charge in [-0.2, -0.15) is 0 Å². The standard InChI is InChI=1S/C23H24BrClN2O4S/c1-3-27(4-2)20(16-5-9-18(25)10-6-16)15-26-23(28)21-13-14-22(31-21)32(29,30)19-11-7-17(24)8-12-19/h5-14,20H,3-4,15H2,1-2H3,(H,26,28). The molecule has 9 heteroatoms. The van der Waals surface area contributed by atoms with Gasteiger partial charge in [-0.15, -0.1) is 0 Å². The highest BCUT2D eigenvalue weighted by Crippen LogP contribution is 2.25. The van der Waals surface area contributed by atoms with E-state index in [-0.39, 0.29) is 21.8 Å². The van der Waals surface area contributed by atoms with Crippen molar-refractivity contribution in [2.75, 3.05) is 19.6 Å². The number of furan rings is 1. The summed E-state index contributed by atoms with van der Waals surface area (Å²) in [5.41, 5.74) is 1.02. The predicted octanol–water partition coefficient (Wildman–Crippen LogP) is 5.34. The number of nitrogens with zero attached hydrogens (tertiary/aromatic N) is 1. The summed E-state index contributed by atoms with van der Waals surface area (Å²) >= 11 is 9.30. The summed E-state index contributed by atoms with van der Waals surface area (Å²) in [7, 11) is -3.86. The molecule has 0 saturated carbocycles. The van der Waals surface area contributed by atoms with Crippen molar-refractivity contribution in [1.29, 1.82) is 0 Å². The summed E-state index contributed by atoms with van der Waals surface area (Å²) in [6.45, 7) is 6.05. The smallest absolute Gasteiger partial charge is 0.287 e. The second-order valence-electron chi connectivity index (χ2n) is 7.07. The van der Waals surface area contributed by atoms with E-state index in [1.54, 1.807) is 12.1 Å². The number of amides is 1. The molecule has 0 bridgehead atoms. The Morgan fingerprint density at radius 3 is 2.25 bits per heavy atom. The minimum atomic E-state index is -3.86. The Kier molecular flexibility index (Phi) is 8.16. The lowest BCUT2D eigenvalue weighted by molar-refractivity contribution is 0.0902. The highest BCUT2D eigenvalue weighted by molar-refractivity contribution is 9.10. The highest BCUT2D eigenvalue weighted by atomic mass is 79.9. The van der Waals surface area contributed by atoms with Crippen molar-refractivity contribution in [3.8, 4) is 0 Å². The Labute approximate surface area is 201 Å². The van der Waals surface area contributed by atoms with Crippen LogP contribution in [0.25, 0.3) is 0 Å². The molecule has 1 amide bonds. The Morgan fingerprint density at radius 2 is 1.66 bits per heavy atom. The minimum absolute atomic E-state index is 0.0601. The van der Waals surface area contributed by atoms with E-state index < -0.39 is 15.7 Å². The van der Waals surface area contributed by atoms with Gasteiger partial charge >= 0.3 is 0 Å². The van der Waals surface area contributed by atoms with Crippen LogP contribution in [0, 0.1) is 0 Å². The zero-order chi connectivity index (χ0) is 23.3. The zero-order valence-electron chi connectivity index (χ0n) is 17.7. The number of sulfone groups is 1. The number of benzene rings is 2. The molecule has 3 rings (SSSR count). The molecule has 1 N–H and O–H groups in total. The maximum atomic E-state index is 12.8. The first kappa shape index (κ1) is 24.5. The third-order valence-corrected chi connectivity index (χ3v) is 7.58. The fourth-order valence-electron chi connectivity index (χ4n) is 3.40. The lowest BCUT2D eigenvalue weighted by Gasteiger charge is -2.30. The van der Waals surface area contributed by atoms with Crippen molar-refractivity contribution in [1.82, 2.24) is 10.2 Å². The molecule has 2 aromatic carbocycles. The SMILES string of the molecule is CCN(CC)C(CNC(=O)c1ccc(S(=O)(=O)c2ccc(Br)cc2)o1)c1ccc(Cl)cc1. The van der Waals surface area contributed by atoms with E-state index in [2.05, 4.69) is 40.0 Å². The fraction of sp³-hybridized carbons (Fsp3) is 0.261. The van der Waals surface area contributed by atoms with Gasteiger partial charge in [-0.3, -0.25) is 9.69 Å². The van der Waals surface area contributed by atoms with Gasteiger partial charge in [-0.25, -0.2) is 8.42 Å². The second kappa shape index (κ2) is 10.7. The molecule has 170 valence electrons. The fourth-order valence-corrected chi connectivity index (χ4v) is 4.96. The van der Waals surface area contributed by atoms with Crippen LogP contribution in [0.5, 0.6) is 0 Å². The summed E-state index contributed by atoms with van der Waals surface area (Å²) < 4.78 is 31.7. The van der Waals surface area contributed by atoms with Crippen LogP contribution in [0.3, 0.4) is 0 Å². The average molecular weight is 540 g/mol. The van der Waals surface area contributed by atoms with E-state index in [0.29, 0.717) is 11.6 Å². The van der Waals surface area contributed by atoms with Gasteiger partial charge in [0.15, 0.2) is 5.76 Å². The van der Waals surface area contributed by atoms with Gasteiger partial charge in [0.05, 0.1) is 10.9 Å². The maximum absolute atomic E-state index is 12.8. The molecule has 0 spiro atoms. The molecule has 6 nitrogen and oxygen atoms in total. The number of halogens is 2. The average Bonchev–Trinajstić information content (AvgIpc) is 3.29. The van der Waals surface area contributed by atoms with Crippen molar-refractivity contribution >= 4 is 43.3 Å². The number of carbonyl (C=O) groups excluding carboxylic acids is 1. The molecule has 0 aliphatic carbocycles. The van der Waals surface area contributed by atoms with Crippen LogP contribution < -0.4 is 5.32 Å². The van der Waals surface area contributed by atoms with E-state index in [1.165, 1.54) is 24.3 Å². The molecule has 0 fully saturated rings. The lowest BCUT2D eigenvalue weighted by Crippen LogP contribution is -2.38. The van der Waals surface area contributed by atoms with Crippen molar-refractivity contribution < 1.29 is 17.6 Å². The zero-order valence-corrected chi connectivity index (χ0v) is 20.9. The normalized spacial score (nSPS) is 12.7. The molecule has 0 aliphatic rings. The molecule has 0 saturated heterocycles. The van der Waals surface area contributed by atoms with Crippen LogP contribution in [0.15, 0.2) is 79.5 Å². The summed E-state index contributed by atoms with van der Waals surface area (Å²) in [6, 6.07) is 16.3. The highest BCUT2D eigenvalue weighted by Gasteiger charge is 2.25. The summed E-state index contributed by atoms with van der Waals surface area (Å²) in [4.78, 5) is 15.0. The van der Waals surface area contributed by atoms with Crippen molar-refractivity contribution in [3.63, 3.8) is 0 Å². The quantitative estimate of drug-likeness (QED) is 0.397. The van der Waals surface area contributed by atoms with Crippen LogP contribution in [0.2, 0.25) is 5.02 Å². The van der Waals surface area contributed by atoms with Crippen molar-refractivity contribution in [2.45, 2.75) is 29.9 Å². The van der Waals surface area contributed by atoms with Gasteiger partial charge in [-0.05, 0) is 67.2 Å². The molecule has 1 atom stereocenters. The third-order valence-electron chi connectivity index (χ3n) is 5.16. The Bertz CT molecular complexity index is 1160. The van der Waals surface area contributed by atoms with E-state index in [4.69, 9.17) is 16.0 Å². The maximum Gasteiger partial charge on any atom is 0.287 e. The third kappa shape index (κ3) is 5.61. The molecule has 1 aromatic heterocycles. The molecule has 1 heterocycles. The summed E-state index contributed by atoms with van der Waals surface area (Å²) in [6.07, 6.45) is 0. The van der Waals surface area contributed by atoms with E-state index in [1.807, 2.05) is 24.3 Å². The van der Waals surface area contributed by atoms with Gasteiger partial charge in [0.25, 0.3) is 5.91 Å². The Hall–Kier alpha value is -2.13. The molecule has 1 unspecified atom stereocenters. The summed E-state index contributed by atoms with van der Waals surface area (Å²) in [5.74, 6) is -0.538. The predicted molar refractivity (Wildman–Crippen MR) is 128 cm³/mol. The lowest BCUT2D eigenvalue weighted by atomic mass is 10.0. The largest absolute Gasteiger partial charge is 0.439 e. The van der Waals surface area contributed by atoms with Gasteiger partial charge in [0.2, 0.25) is 14.9 Å². The molecule has 32 heavy (non-hydrogen) atoms. The van der Waals surface area contributed by atoms with Crippen LogP contribution in [-0.4, -0.2) is 38.9 Å². The second-order valence-corrected chi connectivity index (χ2v) is 10.3. The van der Waals surface area contributed by atoms with Crippen LogP contribution in [0.1, 0.15) is 36.0 Å². The van der Waals surface area contributed by atoms with E-state index in [0.717, 1.165) is 23.1 Å². The molecular weight excluding hydrogens is 516 g/mol. The Balaban J connectivity index is 1.75. The Morgan fingerprint density at radius 1 is 1.03 bits per heavy atom. The van der Waals surface area contributed by atoms with Crippen LogP contribution >= 0.6 is 27.5 Å². The van der Waals surface area contributed by atoms with Gasteiger partial charge in [-0.1, -0.05) is 53.5 Å². The number of rotatable bonds is 9. The summed E-state index contributed by atoms with van der Waals surface area (Å²) in [5, 5.41) is 3.23. The van der Waals surface area contributed by atoms with Crippen LogP contribution in [0.4, 0.5) is 0 Å². The van der Waals surface area contributed by atoms with Crippen molar-refractivity contribution in [3.05, 3.63) is 81.5 Å². The van der Waals surface area contributed by atoms with Gasteiger partial charge in [0, 0.05) is 16.0 Å². The molecule has 0 radical (unpaired) electrons. The number of hydrogen-bond donors (Lipinski definition) is 1. The first-order valence-electron chi connectivity index (χ1n) is 10.1. The monoisotopic (exact) mass is 538 g/mol. The van der Waals surface area contributed by atoms with Crippen LogP contribution in [-0.2, 0) is 9.84 Å². The first-order chi connectivity index (χ1) is 15.3. The number of likely N-dealkylation sites (N-methyl/N-ethyl adjacent to an activating group) is 1. The number of hydrogen-bond acceptors (Lipinski definition) is 5. The minimum Gasteiger partial charge on any atom is -0.439 e. The molecular formula is C23H24BrClN2O4S. The van der Waals surface area contributed by atoms with E-state index in [9.17, 15) is 13.2 Å². The van der Waals surface area contributed by atoms with Gasteiger partial charge in [0.1, 0.15) is 0 Å². The van der Waals surface area contributed by atoms with Crippen molar-refractivity contribution in [2.24, 2.45) is 0 Å². The molecule has 3 aromatic rings.